The first-order chi connectivity index (χ1) is 8.43. The van der Waals surface area contributed by atoms with Gasteiger partial charge in [-0.1, -0.05) is 0 Å². The summed E-state index contributed by atoms with van der Waals surface area (Å²) in [6, 6.07) is 0. The average Bonchev–Trinajstić information content (AvgIpc) is 2.97. The molecule has 0 atom stereocenters. The maximum atomic E-state index is 10.8. The molecule has 0 unspecified atom stereocenters. The molecule has 4 nitrogen and oxygen atoms in total. The van der Waals surface area contributed by atoms with Gasteiger partial charge < -0.3 is 5.11 Å². The predicted octanol–water partition coefficient (Wildman–Crippen LogP) is 2.98. The monoisotopic (exact) mass is 332 g/mol. The van der Waals surface area contributed by atoms with Gasteiger partial charge in [-0.3, -0.25) is 9.48 Å². The van der Waals surface area contributed by atoms with Gasteiger partial charge in [0.1, 0.15) is 0 Å². The van der Waals surface area contributed by atoms with Crippen molar-refractivity contribution in [1.29, 1.82) is 0 Å². The third kappa shape index (κ3) is 3.09. The standard InChI is InChI=1S/C12H17BrN2O2S/c1-8-11(13)9(15(2)14-8)6-18-7-12(3-4-12)5-10(16)17/h3-7H2,1-2H3,(H,16,17). The second-order valence-electron chi connectivity index (χ2n) is 5.03. The first-order valence-corrected chi connectivity index (χ1v) is 7.86. The Bertz CT molecular complexity index is 469. The number of nitrogens with zero attached hydrogens (tertiary/aromatic N) is 2. The van der Waals surface area contributed by atoms with Crippen molar-refractivity contribution in [1.82, 2.24) is 9.78 Å². The molecule has 1 aromatic heterocycles. The zero-order valence-corrected chi connectivity index (χ0v) is 13.0. The molecule has 1 fully saturated rings. The molecule has 100 valence electrons. The number of aliphatic carboxylic acids is 1. The van der Waals surface area contributed by atoms with Crippen molar-refractivity contribution < 1.29 is 9.90 Å². The number of rotatable bonds is 6. The molecule has 0 spiro atoms. The summed E-state index contributed by atoms with van der Waals surface area (Å²) in [5, 5.41) is 13.2. The molecule has 0 aromatic carbocycles. The van der Waals surface area contributed by atoms with Crippen LogP contribution in [0.25, 0.3) is 0 Å². The van der Waals surface area contributed by atoms with Crippen LogP contribution < -0.4 is 0 Å². The molecule has 0 radical (unpaired) electrons. The molecule has 6 heteroatoms. The van der Waals surface area contributed by atoms with E-state index < -0.39 is 5.97 Å². The van der Waals surface area contributed by atoms with Crippen LogP contribution in [0.15, 0.2) is 4.47 Å². The molecule has 1 aliphatic carbocycles. The van der Waals surface area contributed by atoms with E-state index in [1.807, 2.05) is 18.7 Å². The van der Waals surface area contributed by atoms with Crippen molar-refractivity contribution in [2.45, 2.75) is 31.9 Å². The van der Waals surface area contributed by atoms with Crippen LogP contribution in [0.2, 0.25) is 0 Å². The van der Waals surface area contributed by atoms with E-state index in [4.69, 9.17) is 5.11 Å². The van der Waals surface area contributed by atoms with Gasteiger partial charge in [-0.2, -0.15) is 16.9 Å². The van der Waals surface area contributed by atoms with Gasteiger partial charge in [0.05, 0.1) is 22.3 Å². The van der Waals surface area contributed by atoms with Crippen molar-refractivity contribution in [2.75, 3.05) is 5.75 Å². The zero-order valence-electron chi connectivity index (χ0n) is 10.6. The van der Waals surface area contributed by atoms with Gasteiger partial charge in [0.25, 0.3) is 0 Å². The summed E-state index contributed by atoms with van der Waals surface area (Å²) < 4.78 is 2.96. The first kappa shape index (κ1) is 13.9. The van der Waals surface area contributed by atoms with Gasteiger partial charge in [-0.15, -0.1) is 0 Å². The van der Waals surface area contributed by atoms with E-state index in [-0.39, 0.29) is 5.41 Å². The minimum atomic E-state index is -0.675. The summed E-state index contributed by atoms with van der Waals surface area (Å²) in [6.07, 6.45) is 2.42. The number of aryl methyl sites for hydroxylation is 2. The Morgan fingerprint density at radius 2 is 2.28 bits per heavy atom. The first-order valence-electron chi connectivity index (χ1n) is 5.91. The molecule has 1 aliphatic rings. The Kier molecular flexibility index (Phi) is 4.06. The van der Waals surface area contributed by atoms with Crippen molar-refractivity contribution in [2.24, 2.45) is 12.5 Å². The molecular formula is C12H17BrN2O2S. The Morgan fingerprint density at radius 3 is 2.72 bits per heavy atom. The lowest BCUT2D eigenvalue weighted by Crippen LogP contribution is -2.11. The highest BCUT2D eigenvalue weighted by molar-refractivity contribution is 9.10. The SMILES string of the molecule is Cc1nn(C)c(CSCC2(CC(=O)O)CC2)c1Br. The van der Waals surface area contributed by atoms with Crippen molar-refractivity contribution >= 4 is 33.7 Å². The highest BCUT2D eigenvalue weighted by Crippen LogP contribution is 2.51. The number of hydrogen-bond donors (Lipinski definition) is 1. The molecule has 0 bridgehead atoms. The average molecular weight is 333 g/mol. The Labute approximate surface area is 119 Å². The van der Waals surface area contributed by atoms with Crippen LogP contribution in [0, 0.1) is 12.3 Å². The maximum absolute atomic E-state index is 10.8. The van der Waals surface area contributed by atoms with E-state index in [9.17, 15) is 4.79 Å². The minimum Gasteiger partial charge on any atom is -0.481 e. The fraction of sp³-hybridized carbons (Fsp3) is 0.667. The number of thioether (sulfide) groups is 1. The second-order valence-corrected chi connectivity index (χ2v) is 6.81. The van der Waals surface area contributed by atoms with Gasteiger partial charge in [0.2, 0.25) is 0 Å². The Morgan fingerprint density at radius 1 is 1.61 bits per heavy atom. The lowest BCUT2D eigenvalue weighted by molar-refractivity contribution is -0.138. The van der Waals surface area contributed by atoms with E-state index >= 15 is 0 Å². The fourth-order valence-electron chi connectivity index (χ4n) is 2.07. The van der Waals surface area contributed by atoms with Crippen LogP contribution in [-0.4, -0.2) is 26.6 Å². The number of carboxylic acid groups (broad SMARTS) is 1. The van der Waals surface area contributed by atoms with E-state index in [0.29, 0.717) is 6.42 Å². The molecule has 2 rings (SSSR count). The Balaban J connectivity index is 1.87. The van der Waals surface area contributed by atoms with Crippen molar-refractivity contribution in [3.63, 3.8) is 0 Å². The van der Waals surface area contributed by atoms with E-state index in [1.165, 1.54) is 5.69 Å². The van der Waals surface area contributed by atoms with Gasteiger partial charge in [-0.05, 0) is 46.9 Å². The summed E-state index contributed by atoms with van der Waals surface area (Å²) in [6.45, 7) is 1.98. The van der Waals surface area contributed by atoms with Crippen LogP contribution in [0.5, 0.6) is 0 Å². The third-order valence-electron chi connectivity index (χ3n) is 3.39. The smallest absolute Gasteiger partial charge is 0.303 e. The summed E-state index contributed by atoms with van der Waals surface area (Å²) in [5.41, 5.74) is 2.24. The highest BCUT2D eigenvalue weighted by atomic mass is 79.9. The molecule has 1 saturated carbocycles. The van der Waals surface area contributed by atoms with Crippen molar-refractivity contribution in [3.05, 3.63) is 15.9 Å². The number of halogens is 1. The van der Waals surface area contributed by atoms with E-state index in [0.717, 1.165) is 34.5 Å². The van der Waals surface area contributed by atoms with Crippen molar-refractivity contribution in [3.8, 4) is 0 Å². The highest BCUT2D eigenvalue weighted by Gasteiger charge is 2.44. The van der Waals surface area contributed by atoms with Gasteiger partial charge in [-0.25, -0.2) is 0 Å². The van der Waals surface area contributed by atoms with E-state index in [1.54, 1.807) is 11.8 Å². The van der Waals surface area contributed by atoms with Gasteiger partial charge in [0, 0.05) is 12.8 Å². The predicted molar refractivity (Wildman–Crippen MR) is 75.7 cm³/mol. The van der Waals surface area contributed by atoms with Crippen LogP contribution in [0.4, 0.5) is 0 Å². The van der Waals surface area contributed by atoms with Gasteiger partial charge in [0.15, 0.2) is 0 Å². The molecule has 1 heterocycles. The third-order valence-corrected chi connectivity index (χ3v) is 5.72. The summed E-state index contributed by atoms with van der Waals surface area (Å²) >= 11 is 5.35. The number of hydrogen-bond acceptors (Lipinski definition) is 3. The molecule has 18 heavy (non-hydrogen) atoms. The zero-order chi connectivity index (χ0) is 13.3. The van der Waals surface area contributed by atoms with E-state index in [2.05, 4.69) is 21.0 Å². The quantitative estimate of drug-likeness (QED) is 0.870. The topological polar surface area (TPSA) is 55.1 Å². The molecular weight excluding hydrogens is 316 g/mol. The number of carbonyl (C=O) groups is 1. The lowest BCUT2D eigenvalue weighted by Gasteiger charge is -2.11. The largest absolute Gasteiger partial charge is 0.481 e. The van der Waals surface area contributed by atoms with Crippen LogP contribution >= 0.6 is 27.7 Å². The van der Waals surface area contributed by atoms with Gasteiger partial charge >= 0.3 is 5.97 Å². The summed E-state index contributed by atoms with van der Waals surface area (Å²) in [5.74, 6) is 1.13. The number of aromatic nitrogens is 2. The second kappa shape index (κ2) is 5.25. The number of carboxylic acids is 1. The van der Waals surface area contributed by atoms with Crippen LogP contribution in [0.3, 0.4) is 0 Å². The minimum absolute atomic E-state index is 0.0661. The molecule has 0 amide bonds. The maximum Gasteiger partial charge on any atom is 0.303 e. The van der Waals surface area contributed by atoms with Crippen LogP contribution in [0.1, 0.15) is 30.7 Å². The summed E-state index contributed by atoms with van der Waals surface area (Å²) in [7, 11) is 1.94. The normalized spacial score (nSPS) is 16.8. The fourth-order valence-corrected chi connectivity index (χ4v) is 4.18. The molecule has 1 N–H and O–H groups in total. The molecule has 0 aliphatic heterocycles. The summed E-state index contributed by atoms with van der Waals surface area (Å²) in [4.78, 5) is 10.8. The molecule has 1 aromatic rings. The molecule has 0 saturated heterocycles. The lowest BCUT2D eigenvalue weighted by atomic mass is 10.1. The Hall–Kier alpha value is -0.490. The van der Waals surface area contributed by atoms with Crippen LogP contribution in [-0.2, 0) is 17.6 Å².